The standard InChI is InChI=1S/C17H24N2O4/c1-10-13(11(2)23-18-10)7-8-16(20)19-14-6-4-3-5-12(14)9-15(19)17(21)22/h12,14-15H,3-9H2,1-2H3,(H,21,22)/t12-,14-,15-/m0/s1. The molecule has 1 aromatic heterocycles. The number of carbonyl (C=O) groups is 2. The van der Waals surface area contributed by atoms with Crippen molar-refractivity contribution in [2.45, 2.75) is 70.9 Å². The smallest absolute Gasteiger partial charge is 0.326 e. The first-order valence-corrected chi connectivity index (χ1v) is 8.44. The molecule has 1 aliphatic heterocycles. The van der Waals surface area contributed by atoms with Crippen LogP contribution in [0.25, 0.3) is 0 Å². The average molecular weight is 320 g/mol. The summed E-state index contributed by atoms with van der Waals surface area (Å²) in [6.07, 6.45) is 5.69. The minimum absolute atomic E-state index is 0.0493. The monoisotopic (exact) mass is 320 g/mol. The number of fused-ring (bicyclic) bond motifs is 1. The summed E-state index contributed by atoms with van der Waals surface area (Å²) in [5, 5.41) is 13.4. The molecule has 0 unspecified atom stereocenters. The highest BCUT2D eigenvalue weighted by molar-refractivity contribution is 5.85. The number of likely N-dealkylation sites (tertiary alicyclic amines) is 1. The first kappa shape index (κ1) is 16.0. The molecule has 2 fully saturated rings. The summed E-state index contributed by atoms with van der Waals surface area (Å²) in [5.74, 6) is 0.173. The highest BCUT2D eigenvalue weighted by Gasteiger charge is 2.47. The predicted octanol–water partition coefficient (Wildman–Crippen LogP) is 2.47. The SMILES string of the molecule is Cc1noc(C)c1CCC(=O)N1[C@H](C(=O)O)C[C@@H]2CCCC[C@@H]21. The van der Waals surface area contributed by atoms with Gasteiger partial charge in [-0.2, -0.15) is 0 Å². The Bertz CT molecular complexity index is 590. The van der Waals surface area contributed by atoms with E-state index >= 15 is 0 Å². The molecule has 126 valence electrons. The number of aliphatic carboxylic acids is 1. The van der Waals surface area contributed by atoms with Gasteiger partial charge in [-0.3, -0.25) is 4.79 Å². The molecule has 2 heterocycles. The van der Waals surface area contributed by atoms with E-state index in [1.165, 1.54) is 0 Å². The van der Waals surface area contributed by atoms with E-state index in [-0.39, 0.29) is 11.9 Å². The number of carboxylic acids is 1. The van der Waals surface area contributed by atoms with Crippen LogP contribution in [0.15, 0.2) is 4.52 Å². The molecule has 1 amide bonds. The van der Waals surface area contributed by atoms with Gasteiger partial charge in [-0.1, -0.05) is 18.0 Å². The minimum Gasteiger partial charge on any atom is -0.480 e. The normalized spacial score (nSPS) is 27.0. The molecule has 6 nitrogen and oxygen atoms in total. The van der Waals surface area contributed by atoms with Crippen LogP contribution >= 0.6 is 0 Å². The zero-order chi connectivity index (χ0) is 16.6. The topological polar surface area (TPSA) is 83.6 Å². The second kappa shape index (κ2) is 6.34. The molecular formula is C17H24N2O4. The number of hydrogen-bond donors (Lipinski definition) is 1. The van der Waals surface area contributed by atoms with Crippen LogP contribution in [0.3, 0.4) is 0 Å². The predicted molar refractivity (Wildman–Crippen MR) is 82.9 cm³/mol. The van der Waals surface area contributed by atoms with E-state index in [9.17, 15) is 14.7 Å². The molecule has 1 aromatic rings. The van der Waals surface area contributed by atoms with Gasteiger partial charge in [0.2, 0.25) is 5.91 Å². The number of aromatic nitrogens is 1. The second-order valence-corrected chi connectivity index (χ2v) is 6.81. The maximum Gasteiger partial charge on any atom is 0.326 e. The molecule has 0 bridgehead atoms. The first-order valence-electron chi connectivity index (χ1n) is 8.44. The summed E-state index contributed by atoms with van der Waals surface area (Å²) in [4.78, 5) is 26.0. The lowest BCUT2D eigenvalue weighted by Gasteiger charge is -2.33. The Hall–Kier alpha value is -1.85. The van der Waals surface area contributed by atoms with E-state index in [0.29, 0.717) is 25.2 Å². The van der Waals surface area contributed by atoms with Crippen molar-refractivity contribution < 1.29 is 19.2 Å². The van der Waals surface area contributed by atoms with Crippen molar-refractivity contribution in [2.24, 2.45) is 5.92 Å². The fourth-order valence-corrected chi connectivity index (χ4v) is 4.26. The second-order valence-electron chi connectivity index (χ2n) is 6.81. The van der Waals surface area contributed by atoms with Crippen molar-refractivity contribution in [2.75, 3.05) is 0 Å². The molecule has 1 saturated heterocycles. The van der Waals surface area contributed by atoms with E-state index in [1.54, 1.807) is 4.90 Å². The molecule has 0 radical (unpaired) electrons. The highest BCUT2D eigenvalue weighted by Crippen LogP contribution is 2.40. The molecule has 1 saturated carbocycles. The Kier molecular flexibility index (Phi) is 4.41. The summed E-state index contributed by atoms with van der Waals surface area (Å²) in [6, 6.07) is -0.540. The van der Waals surface area contributed by atoms with Crippen LogP contribution in [-0.2, 0) is 16.0 Å². The fraction of sp³-hybridized carbons (Fsp3) is 0.706. The number of carbonyl (C=O) groups excluding carboxylic acids is 1. The number of carboxylic acid groups (broad SMARTS) is 1. The quantitative estimate of drug-likeness (QED) is 0.921. The van der Waals surface area contributed by atoms with E-state index in [4.69, 9.17) is 4.52 Å². The maximum atomic E-state index is 12.7. The van der Waals surface area contributed by atoms with Crippen LogP contribution in [-0.4, -0.2) is 39.1 Å². The third kappa shape index (κ3) is 2.99. The average Bonchev–Trinajstić information content (AvgIpc) is 3.06. The summed E-state index contributed by atoms with van der Waals surface area (Å²) >= 11 is 0. The largest absolute Gasteiger partial charge is 0.480 e. The highest BCUT2D eigenvalue weighted by atomic mass is 16.5. The first-order chi connectivity index (χ1) is 11.0. The molecular weight excluding hydrogens is 296 g/mol. The van der Waals surface area contributed by atoms with Crippen LogP contribution in [0.1, 0.15) is 55.5 Å². The Balaban J connectivity index is 1.72. The van der Waals surface area contributed by atoms with Crippen LogP contribution in [0, 0.1) is 19.8 Å². The molecule has 3 rings (SSSR count). The fourth-order valence-electron chi connectivity index (χ4n) is 4.26. The third-order valence-corrected chi connectivity index (χ3v) is 5.43. The van der Waals surface area contributed by atoms with Gasteiger partial charge in [-0.25, -0.2) is 4.79 Å². The minimum atomic E-state index is -0.870. The van der Waals surface area contributed by atoms with Gasteiger partial charge in [0.05, 0.1) is 5.69 Å². The summed E-state index contributed by atoms with van der Waals surface area (Å²) in [7, 11) is 0. The number of nitrogens with zero attached hydrogens (tertiary/aromatic N) is 2. The molecule has 23 heavy (non-hydrogen) atoms. The Morgan fingerprint density at radius 1 is 1.30 bits per heavy atom. The molecule has 0 spiro atoms. The lowest BCUT2D eigenvalue weighted by molar-refractivity contribution is -0.149. The molecule has 0 aromatic carbocycles. The van der Waals surface area contributed by atoms with Gasteiger partial charge in [-0.05, 0) is 45.4 Å². The van der Waals surface area contributed by atoms with Crippen molar-refractivity contribution in [1.82, 2.24) is 10.1 Å². The van der Waals surface area contributed by atoms with Gasteiger partial charge in [0.1, 0.15) is 11.8 Å². The van der Waals surface area contributed by atoms with Crippen molar-refractivity contribution in [3.63, 3.8) is 0 Å². The van der Waals surface area contributed by atoms with Crippen molar-refractivity contribution in [1.29, 1.82) is 0 Å². The van der Waals surface area contributed by atoms with Gasteiger partial charge in [0.15, 0.2) is 0 Å². The van der Waals surface area contributed by atoms with E-state index in [1.807, 2.05) is 13.8 Å². The Morgan fingerprint density at radius 3 is 2.70 bits per heavy atom. The zero-order valence-corrected chi connectivity index (χ0v) is 13.7. The summed E-state index contributed by atoms with van der Waals surface area (Å²) < 4.78 is 5.13. The molecule has 3 atom stereocenters. The number of aryl methyl sites for hydroxylation is 2. The van der Waals surface area contributed by atoms with E-state index in [0.717, 1.165) is 42.7 Å². The lowest BCUT2D eigenvalue weighted by Crippen LogP contribution is -2.46. The third-order valence-electron chi connectivity index (χ3n) is 5.43. The molecule has 6 heteroatoms. The summed E-state index contributed by atoms with van der Waals surface area (Å²) in [6.45, 7) is 3.70. The Labute approximate surface area is 135 Å². The molecule has 1 aliphatic carbocycles. The van der Waals surface area contributed by atoms with Gasteiger partial charge in [0.25, 0.3) is 0 Å². The number of hydrogen-bond acceptors (Lipinski definition) is 4. The van der Waals surface area contributed by atoms with Crippen LogP contribution in [0.5, 0.6) is 0 Å². The van der Waals surface area contributed by atoms with Crippen molar-refractivity contribution >= 4 is 11.9 Å². The van der Waals surface area contributed by atoms with Gasteiger partial charge in [0, 0.05) is 18.0 Å². The van der Waals surface area contributed by atoms with Crippen LogP contribution in [0.2, 0.25) is 0 Å². The number of amides is 1. The van der Waals surface area contributed by atoms with E-state index < -0.39 is 12.0 Å². The van der Waals surface area contributed by atoms with Crippen molar-refractivity contribution in [3.8, 4) is 0 Å². The van der Waals surface area contributed by atoms with Gasteiger partial charge in [-0.15, -0.1) is 0 Å². The van der Waals surface area contributed by atoms with Crippen LogP contribution < -0.4 is 0 Å². The zero-order valence-electron chi connectivity index (χ0n) is 13.7. The van der Waals surface area contributed by atoms with Crippen molar-refractivity contribution in [3.05, 3.63) is 17.0 Å². The van der Waals surface area contributed by atoms with Gasteiger partial charge >= 0.3 is 5.97 Å². The van der Waals surface area contributed by atoms with E-state index in [2.05, 4.69) is 5.16 Å². The lowest BCUT2D eigenvalue weighted by atomic mass is 9.84. The Morgan fingerprint density at radius 2 is 2.04 bits per heavy atom. The molecule has 1 N–H and O–H groups in total. The van der Waals surface area contributed by atoms with Crippen LogP contribution in [0.4, 0.5) is 0 Å². The molecule has 2 aliphatic rings. The maximum absolute atomic E-state index is 12.7. The van der Waals surface area contributed by atoms with Gasteiger partial charge < -0.3 is 14.5 Å². The number of rotatable bonds is 4. The summed E-state index contributed by atoms with van der Waals surface area (Å²) in [5.41, 5.74) is 1.77.